The fourth-order valence-electron chi connectivity index (χ4n) is 7.40. The Morgan fingerprint density at radius 3 is 1.44 bits per heavy atom. The molecular weight excluding hydrogens is 216 g/mol. The molecule has 0 heterocycles. The van der Waals surface area contributed by atoms with Crippen LogP contribution in [0, 0.1) is 21.7 Å². The van der Waals surface area contributed by atoms with Crippen LogP contribution in [0.25, 0.3) is 0 Å². The van der Waals surface area contributed by atoms with Crippen LogP contribution in [0.1, 0.15) is 90.9 Å². The summed E-state index contributed by atoms with van der Waals surface area (Å²) in [5.74, 6) is 0. The van der Waals surface area contributed by atoms with Crippen LogP contribution in [0.3, 0.4) is 0 Å². The summed E-state index contributed by atoms with van der Waals surface area (Å²) in [6, 6.07) is 0. The molecule has 0 heteroatoms. The number of hydrogen-bond acceptors (Lipinski definition) is 0. The van der Waals surface area contributed by atoms with E-state index in [9.17, 15) is 0 Å². The first-order chi connectivity index (χ1) is 8.61. The minimum absolute atomic E-state index is 0.832. The SMILES string of the molecule is CCCCC12CC3(CCCC)CC4(C1)CC4(C2)C3. The molecule has 0 saturated heterocycles. The van der Waals surface area contributed by atoms with E-state index in [1.807, 2.05) is 0 Å². The molecule has 0 aromatic carbocycles. The molecule has 0 radical (unpaired) electrons. The van der Waals surface area contributed by atoms with E-state index < -0.39 is 0 Å². The van der Waals surface area contributed by atoms with Gasteiger partial charge in [-0.25, -0.2) is 0 Å². The molecule has 4 bridgehead atoms. The van der Waals surface area contributed by atoms with Gasteiger partial charge in [-0.05, 0) is 73.0 Å². The van der Waals surface area contributed by atoms with Gasteiger partial charge >= 0.3 is 0 Å². The topological polar surface area (TPSA) is 0 Å². The average Bonchev–Trinajstić information content (AvgIpc) is 2.72. The third kappa shape index (κ3) is 1.28. The van der Waals surface area contributed by atoms with Crippen LogP contribution >= 0.6 is 0 Å². The maximum atomic E-state index is 2.37. The second kappa shape index (κ2) is 3.36. The Kier molecular flexibility index (Phi) is 2.20. The van der Waals surface area contributed by atoms with Gasteiger partial charge in [-0.15, -0.1) is 0 Å². The van der Waals surface area contributed by atoms with Crippen LogP contribution in [0.15, 0.2) is 0 Å². The molecule has 102 valence electrons. The van der Waals surface area contributed by atoms with Crippen molar-refractivity contribution in [1.29, 1.82) is 0 Å². The summed E-state index contributed by atoms with van der Waals surface area (Å²) >= 11 is 0. The summed E-state index contributed by atoms with van der Waals surface area (Å²) < 4.78 is 0. The summed E-state index contributed by atoms with van der Waals surface area (Å²) in [6.07, 6.45) is 18.8. The Bertz CT molecular complexity index is 318. The molecule has 0 amide bonds. The zero-order valence-electron chi connectivity index (χ0n) is 12.5. The lowest BCUT2D eigenvalue weighted by Crippen LogP contribution is -2.40. The third-order valence-corrected chi connectivity index (χ3v) is 7.40. The Labute approximate surface area is 113 Å². The van der Waals surface area contributed by atoms with Crippen molar-refractivity contribution in [3.8, 4) is 0 Å². The molecule has 0 aliphatic heterocycles. The molecule has 0 aromatic rings. The first-order valence-corrected chi connectivity index (χ1v) is 8.61. The van der Waals surface area contributed by atoms with Crippen molar-refractivity contribution in [2.45, 2.75) is 90.9 Å². The second-order valence-corrected chi connectivity index (χ2v) is 8.83. The molecule has 0 unspecified atom stereocenters. The molecular formula is C18H30. The van der Waals surface area contributed by atoms with Gasteiger partial charge in [0.2, 0.25) is 0 Å². The quantitative estimate of drug-likeness (QED) is 0.563. The van der Waals surface area contributed by atoms with Crippen LogP contribution in [0.4, 0.5) is 0 Å². The maximum absolute atomic E-state index is 2.37. The normalized spacial score (nSPS) is 55.0. The molecule has 2 spiro atoms. The van der Waals surface area contributed by atoms with Crippen LogP contribution in [-0.2, 0) is 0 Å². The molecule has 5 fully saturated rings. The first kappa shape index (κ1) is 11.8. The zero-order chi connectivity index (χ0) is 12.5. The largest absolute Gasteiger partial charge is 0.0654 e. The van der Waals surface area contributed by atoms with E-state index in [2.05, 4.69) is 13.8 Å². The van der Waals surface area contributed by atoms with Crippen molar-refractivity contribution in [2.75, 3.05) is 0 Å². The number of rotatable bonds is 6. The van der Waals surface area contributed by atoms with Crippen molar-refractivity contribution in [3.63, 3.8) is 0 Å². The van der Waals surface area contributed by atoms with Crippen molar-refractivity contribution >= 4 is 0 Å². The highest BCUT2D eigenvalue weighted by Gasteiger charge is 2.84. The Hall–Kier alpha value is 0. The number of unbranched alkanes of at least 4 members (excludes halogenated alkanes) is 2. The van der Waals surface area contributed by atoms with E-state index in [1.54, 1.807) is 51.4 Å². The lowest BCUT2D eigenvalue weighted by atomic mass is 9.54. The molecule has 0 nitrogen and oxygen atoms in total. The van der Waals surface area contributed by atoms with E-state index in [0.717, 1.165) is 21.7 Å². The van der Waals surface area contributed by atoms with E-state index >= 15 is 0 Å². The van der Waals surface area contributed by atoms with E-state index in [1.165, 1.54) is 25.7 Å². The van der Waals surface area contributed by atoms with Gasteiger partial charge in [-0.1, -0.05) is 39.5 Å². The lowest BCUT2D eigenvalue weighted by Gasteiger charge is -2.51. The fraction of sp³-hybridized carbons (Fsp3) is 1.00. The second-order valence-electron chi connectivity index (χ2n) is 8.83. The predicted molar refractivity (Wildman–Crippen MR) is 76.5 cm³/mol. The summed E-state index contributed by atoms with van der Waals surface area (Å²) in [6.45, 7) is 4.74. The van der Waals surface area contributed by atoms with Crippen LogP contribution in [0.5, 0.6) is 0 Å². The number of hydrogen-bond donors (Lipinski definition) is 0. The van der Waals surface area contributed by atoms with Gasteiger partial charge in [0.1, 0.15) is 0 Å². The first-order valence-electron chi connectivity index (χ1n) is 8.61. The maximum Gasteiger partial charge on any atom is -0.0224 e. The van der Waals surface area contributed by atoms with Crippen molar-refractivity contribution in [3.05, 3.63) is 0 Å². The van der Waals surface area contributed by atoms with Gasteiger partial charge in [-0.2, -0.15) is 0 Å². The Morgan fingerprint density at radius 1 is 0.611 bits per heavy atom. The molecule has 0 atom stereocenters. The summed E-state index contributed by atoms with van der Waals surface area (Å²) in [4.78, 5) is 0. The molecule has 5 aliphatic rings. The Balaban J connectivity index is 1.57. The third-order valence-electron chi connectivity index (χ3n) is 7.40. The van der Waals surface area contributed by atoms with Crippen LogP contribution in [-0.4, -0.2) is 0 Å². The summed E-state index contributed by atoms with van der Waals surface area (Å²) in [7, 11) is 0. The van der Waals surface area contributed by atoms with Gasteiger partial charge in [-0.3, -0.25) is 0 Å². The monoisotopic (exact) mass is 246 g/mol. The van der Waals surface area contributed by atoms with Crippen LogP contribution in [0.2, 0.25) is 0 Å². The van der Waals surface area contributed by atoms with Crippen molar-refractivity contribution < 1.29 is 0 Å². The summed E-state index contributed by atoms with van der Waals surface area (Å²) in [5, 5.41) is 0. The van der Waals surface area contributed by atoms with Gasteiger partial charge in [0.05, 0.1) is 0 Å². The minimum Gasteiger partial charge on any atom is -0.0654 e. The van der Waals surface area contributed by atoms with Gasteiger partial charge in [0.15, 0.2) is 0 Å². The van der Waals surface area contributed by atoms with E-state index in [4.69, 9.17) is 0 Å². The van der Waals surface area contributed by atoms with Gasteiger partial charge < -0.3 is 0 Å². The van der Waals surface area contributed by atoms with Gasteiger partial charge in [0.25, 0.3) is 0 Å². The van der Waals surface area contributed by atoms with Gasteiger partial charge in [0, 0.05) is 0 Å². The average molecular weight is 246 g/mol. The highest BCUT2D eigenvalue weighted by Crippen LogP contribution is 2.93. The van der Waals surface area contributed by atoms with E-state index in [0.29, 0.717) is 0 Å². The lowest BCUT2D eigenvalue weighted by molar-refractivity contribution is -0.00240. The highest BCUT2D eigenvalue weighted by molar-refractivity contribution is 5.33. The summed E-state index contributed by atoms with van der Waals surface area (Å²) in [5.41, 5.74) is 3.45. The molecule has 5 saturated carbocycles. The standard InChI is InChI=1S/C18H30/c1-3-5-7-15-9-16(8-6-4-2)12-17(10-15)14-18(17,11-15)13-16/h3-14H2,1-2H3. The highest BCUT2D eigenvalue weighted by atomic mass is 14.9. The fourth-order valence-corrected chi connectivity index (χ4v) is 7.40. The van der Waals surface area contributed by atoms with E-state index in [-0.39, 0.29) is 0 Å². The molecule has 5 rings (SSSR count). The minimum atomic E-state index is 0.832. The smallest absolute Gasteiger partial charge is 0.0224 e. The molecule has 18 heavy (non-hydrogen) atoms. The molecule has 0 N–H and O–H groups in total. The molecule has 5 aliphatic carbocycles. The Morgan fingerprint density at radius 2 is 1.06 bits per heavy atom. The van der Waals surface area contributed by atoms with Crippen molar-refractivity contribution in [1.82, 2.24) is 0 Å². The zero-order valence-corrected chi connectivity index (χ0v) is 12.5. The predicted octanol–water partition coefficient (Wildman–Crippen LogP) is 5.71. The molecule has 0 aromatic heterocycles. The van der Waals surface area contributed by atoms with Crippen LogP contribution < -0.4 is 0 Å². The van der Waals surface area contributed by atoms with Crippen molar-refractivity contribution in [2.24, 2.45) is 21.7 Å².